The molecule has 0 saturated carbocycles. The molecule has 2 nitrogen and oxygen atoms in total. The minimum Gasteiger partial charge on any atom is -0.496 e. The Hall–Kier alpha value is -0.670. The number of hydrogen-bond acceptors (Lipinski definition) is 3. The largest absolute Gasteiger partial charge is 0.496 e. The van der Waals surface area contributed by atoms with Crippen LogP contribution in [0.1, 0.15) is 30.4 Å². The Balaban J connectivity index is 2.32. The molecular weight excluding hydrogens is 232 g/mol. The molecule has 1 aromatic carbocycles. The monoisotopic (exact) mass is 254 g/mol. The lowest BCUT2D eigenvalue weighted by Crippen LogP contribution is -1.92. The molecule has 1 N–H and O–H groups in total. The number of ether oxygens (including phenoxy) is 1. The molecule has 0 heterocycles. The Kier molecular flexibility index (Phi) is 7.13. The zero-order valence-corrected chi connectivity index (χ0v) is 11.6. The number of methoxy groups -OCH3 is 1. The van der Waals surface area contributed by atoms with Gasteiger partial charge in [-0.2, -0.15) is 11.8 Å². The van der Waals surface area contributed by atoms with Crippen LogP contribution in [0.3, 0.4) is 0 Å². The van der Waals surface area contributed by atoms with Crippen molar-refractivity contribution in [1.82, 2.24) is 0 Å². The molecule has 3 heteroatoms. The third-order valence-corrected chi connectivity index (χ3v) is 3.73. The first-order valence-electron chi connectivity index (χ1n) is 6.10. The van der Waals surface area contributed by atoms with Crippen molar-refractivity contribution in [2.24, 2.45) is 0 Å². The van der Waals surface area contributed by atoms with Gasteiger partial charge in [-0.25, -0.2) is 0 Å². The topological polar surface area (TPSA) is 29.5 Å². The number of aryl methyl sites for hydroxylation is 1. The van der Waals surface area contributed by atoms with Crippen LogP contribution in [0.5, 0.6) is 5.75 Å². The molecule has 0 saturated heterocycles. The number of rotatable bonds is 8. The van der Waals surface area contributed by atoms with Gasteiger partial charge in [0.2, 0.25) is 0 Å². The summed E-state index contributed by atoms with van der Waals surface area (Å²) in [7, 11) is 1.72. The summed E-state index contributed by atoms with van der Waals surface area (Å²) >= 11 is 1.93. The molecule has 0 spiro atoms. The van der Waals surface area contributed by atoms with Gasteiger partial charge in [0.1, 0.15) is 5.75 Å². The van der Waals surface area contributed by atoms with E-state index in [4.69, 9.17) is 9.84 Å². The zero-order chi connectivity index (χ0) is 12.5. The highest BCUT2D eigenvalue weighted by Gasteiger charge is 2.02. The van der Waals surface area contributed by atoms with Crippen LogP contribution in [0.2, 0.25) is 0 Å². The number of hydrogen-bond donors (Lipinski definition) is 1. The lowest BCUT2D eigenvalue weighted by molar-refractivity contribution is 0.284. The summed E-state index contributed by atoms with van der Waals surface area (Å²) in [6.07, 6.45) is 3.22. The van der Waals surface area contributed by atoms with Gasteiger partial charge in [-0.3, -0.25) is 0 Å². The summed E-state index contributed by atoms with van der Waals surface area (Å²) in [5.74, 6) is 3.14. The van der Waals surface area contributed by atoms with Crippen molar-refractivity contribution < 1.29 is 9.84 Å². The molecule has 0 aliphatic rings. The number of aliphatic hydroxyl groups excluding tert-OH is 1. The summed E-state index contributed by atoms with van der Waals surface area (Å²) < 4.78 is 5.35. The minimum absolute atomic E-state index is 0.316. The second kappa shape index (κ2) is 8.43. The molecule has 1 rings (SSSR count). The van der Waals surface area contributed by atoms with Gasteiger partial charge in [0.05, 0.1) is 7.11 Å². The van der Waals surface area contributed by atoms with Gasteiger partial charge in [0, 0.05) is 17.9 Å². The Morgan fingerprint density at radius 2 is 2.06 bits per heavy atom. The summed E-state index contributed by atoms with van der Waals surface area (Å²) in [5, 5.41) is 8.68. The number of thioether (sulfide) groups is 1. The third kappa shape index (κ3) is 5.46. The number of aliphatic hydroxyl groups is 1. The van der Waals surface area contributed by atoms with Crippen molar-refractivity contribution in [2.75, 3.05) is 19.5 Å². The second-order valence-electron chi connectivity index (χ2n) is 4.15. The van der Waals surface area contributed by atoms with Crippen LogP contribution in [0.25, 0.3) is 0 Å². The van der Waals surface area contributed by atoms with Crippen LogP contribution in [-0.2, 0) is 5.75 Å². The SMILES string of the molecule is COc1ccc(C)cc1CSCCCCCO. The van der Waals surface area contributed by atoms with Crippen molar-refractivity contribution in [2.45, 2.75) is 31.9 Å². The van der Waals surface area contributed by atoms with E-state index in [1.807, 2.05) is 17.8 Å². The van der Waals surface area contributed by atoms with Crippen LogP contribution in [0, 0.1) is 6.92 Å². The van der Waals surface area contributed by atoms with E-state index in [-0.39, 0.29) is 0 Å². The Labute approximate surface area is 108 Å². The van der Waals surface area contributed by atoms with Crippen LogP contribution < -0.4 is 4.74 Å². The molecular formula is C14H22O2S. The molecule has 0 atom stereocenters. The third-order valence-electron chi connectivity index (χ3n) is 2.64. The van der Waals surface area contributed by atoms with Gasteiger partial charge >= 0.3 is 0 Å². The Morgan fingerprint density at radius 1 is 1.24 bits per heavy atom. The van der Waals surface area contributed by atoms with E-state index in [9.17, 15) is 0 Å². The summed E-state index contributed by atoms with van der Waals surface area (Å²) in [4.78, 5) is 0. The highest BCUT2D eigenvalue weighted by Crippen LogP contribution is 2.24. The summed E-state index contributed by atoms with van der Waals surface area (Å²) in [5.41, 5.74) is 2.56. The molecule has 96 valence electrons. The predicted octanol–water partition coefficient (Wildman–Crippen LogP) is 3.40. The number of benzene rings is 1. The van der Waals surface area contributed by atoms with Crippen molar-refractivity contribution in [1.29, 1.82) is 0 Å². The van der Waals surface area contributed by atoms with Crippen LogP contribution in [0.4, 0.5) is 0 Å². The van der Waals surface area contributed by atoms with E-state index in [0.717, 1.165) is 30.1 Å². The van der Waals surface area contributed by atoms with Crippen molar-refractivity contribution in [3.05, 3.63) is 29.3 Å². The summed E-state index contributed by atoms with van der Waals surface area (Å²) in [6.45, 7) is 2.42. The highest BCUT2D eigenvalue weighted by molar-refractivity contribution is 7.98. The summed E-state index contributed by atoms with van der Waals surface area (Å²) in [6, 6.07) is 6.31. The maximum atomic E-state index is 8.68. The molecule has 0 aliphatic carbocycles. The van der Waals surface area contributed by atoms with E-state index in [1.54, 1.807) is 7.11 Å². The van der Waals surface area contributed by atoms with Crippen LogP contribution >= 0.6 is 11.8 Å². The molecule has 0 amide bonds. The maximum absolute atomic E-state index is 8.68. The van der Waals surface area contributed by atoms with E-state index in [2.05, 4.69) is 19.1 Å². The molecule has 0 radical (unpaired) electrons. The fraction of sp³-hybridized carbons (Fsp3) is 0.571. The fourth-order valence-electron chi connectivity index (χ4n) is 1.69. The normalized spacial score (nSPS) is 10.5. The average Bonchev–Trinajstić information content (AvgIpc) is 2.34. The van der Waals surface area contributed by atoms with Crippen molar-refractivity contribution in [3.8, 4) is 5.75 Å². The standard InChI is InChI=1S/C14H22O2S/c1-12-6-7-14(16-2)13(10-12)11-17-9-5-3-4-8-15/h6-7,10,15H,3-5,8-9,11H2,1-2H3. The van der Waals surface area contributed by atoms with E-state index >= 15 is 0 Å². The predicted molar refractivity (Wildman–Crippen MR) is 74.8 cm³/mol. The van der Waals surface area contributed by atoms with E-state index in [0.29, 0.717) is 6.61 Å². The fourth-order valence-corrected chi connectivity index (χ4v) is 2.69. The van der Waals surface area contributed by atoms with Gasteiger partial charge in [-0.15, -0.1) is 0 Å². The average molecular weight is 254 g/mol. The molecule has 17 heavy (non-hydrogen) atoms. The van der Waals surface area contributed by atoms with Gasteiger partial charge < -0.3 is 9.84 Å². The van der Waals surface area contributed by atoms with E-state index < -0.39 is 0 Å². The van der Waals surface area contributed by atoms with Crippen LogP contribution in [0.15, 0.2) is 18.2 Å². The first kappa shape index (κ1) is 14.4. The van der Waals surface area contributed by atoms with E-state index in [1.165, 1.54) is 17.5 Å². The molecule has 0 aliphatic heterocycles. The first-order chi connectivity index (χ1) is 8.27. The van der Waals surface area contributed by atoms with Gasteiger partial charge in [-0.1, -0.05) is 24.1 Å². The highest BCUT2D eigenvalue weighted by atomic mass is 32.2. The molecule has 0 unspecified atom stereocenters. The van der Waals surface area contributed by atoms with Gasteiger partial charge in [0.15, 0.2) is 0 Å². The van der Waals surface area contributed by atoms with Crippen LogP contribution in [-0.4, -0.2) is 24.6 Å². The zero-order valence-electron chi connectivity index (χ0n) is 10.7. The smallest absolute Gasteiger partial charge is 0.122 e. The van der Waals surface area contributed by atoms with Crippen molar-refractivity contribution in [3.63, 3.8) is 0 Å². The Morgan fingerprint density at radius 3 is 2.76 bits per heavy atom. The first-order valence-corrected chi connectivity index (χ1v) is 7.25. The lowest BCUT2D eigenvalue weighted by atomic mass is 10.1. The van der Waals surface area contributed by atoms with Crippen molar-refractivity contribution >= 4 is 11.8 Å². The van der Waals surface area contributed by atoms with Gasteiger partial charge in [0.25, 0.3) is 0 Å². The maximum Gasteiger partial charge on any atom is 0.122 e. The molecule has 0 aromatic heterocycles. The van der Waals surface area contributed by atoms with Gasteiger partial charge in [-0.05, 0) is 31.6 Å². The molecule has 0 bridgehead atoms. The number of unbranched alkanes of at least 4 members (excludes halogenated alkanes) is 2. The lowest BCUT2D eigenvalue weighted by Gasteiger charge is -2.09. The minimum atomic E-state index is 0.316. The molecule has 1 aromatic rings. The quantitative estimate of drug-likeness (QED) is 0.721. The Bertz CT molecular complexity index is 326. The second-order valence-corrected chi connectivity index (χ2v) is 5.26. The molecule has 0 fully saturated rings.